The lowest BCUT2D eigenvalue weighted by atomic mass is 10.1. The molecule has 2 N–H and O–H groups in total. The van der Waals surface area contributed by atoms with E-state index in [4.69, 9.17) is 10.5 Å². The quantitative estimate of drug-likeness (QED) is 0.784. The molecule has 0 radical (unpaired) electrons. The van der Waals surface area contributed by atoms with Gasteiger partial charge in [-0.1, -0.05) is 35.5 Å². The van der Waals surface area contributed by atoms with E-state index in [-0.39, 0.29) is 0 Å². The van der Waals surface area contributed by atoms with Crippen molar-refractivity contribution < 1.29 is 4.74 Å². The molecule has 5 heteroatoms. The Bertz CT molecular complexity index is 735. The molecule has 0 aliphatic carbocycles. The van der Waals surface area contributed by atoms with E-state index in [9.17, 15) is 0 Å². The van der Waals surface area contributed by atoms with Crippen molar-refractivity contribution >= 4 is 0 Å². The van der Waals surface area contributed by atoms with Crippen molar-refractivity contribution in [3.63, 3.8) is 0 Å². The van der Waals surface area contributed by atoms with Crippen LogP contribution in [0.25, 0.3) is 5.69 Å². The molecule has 5 nitrogen and oxygen atoms in total. The summed E-state index contributed by atoms with van der Waals surface area (Å²) in [6.07, 6.45) is 0.721. The zero-order chi connectivity index (χ0) is 15.4. The molecule has 1 aromatic heterocycles. The second-order valence-electron chi connectivity index (χ2n) is 4.96. The smallest absolute Gasteiger partial charge is 0.118 e. The fourth-order valence-electron chi connectivity index (χ4n) is 2.38. The minimum absolute atomic E-state index is 0.373. The van der Waals surface area contributed by atoms with Gasteiger partial charge in [0.05, 0.1) is 18.5 Å². The number of hydrogen-bond acceptors (Lipinski definition) is 4. The van der Waals surface area contributed by atoms with Crippen molar-refractivity contribution in [2.24, 2.45) is 5.73 Å². The average molecular weight is 294 g/mol. The number of para-hydroxylation sites is 1. The van der Waals surface area contributed by atoms with Crippen LogP contribution in [0, 0.1) is 0 Å². The van der Waals surface area contributed by atoms with Gasteiger partial charge in [-0.25, -0.2) is 4.68 Å². The summed E-state index contributed by atoms with van der Waals surface area (Å²) >= 11 is 0. The molecule has 0 aliphatic rings. The van der Waals surface area contributed by atoms with Crippen molar-refractivity contribution in [2.75, 3.05) is 7.11 Å². The van der Waals surface area contributed by atoms with Crippen molar-refractivity contribution in [3.8, 4) is 11.4 Å². The molecule has 2 aromatic carbocycles. The van der Waals surface area contributed by atoms with Crippen LogP contribution in [0.1, 0.15) is 17.0 Å². The highest BCUT2D eigenvalue weighted by molar-refractivity contribution is 5.36. The maximum absolute atomic E-state index is 5.81. The number of rotatable bonds is 5. The first-order chi connectivity index (χ1) is 10.8. The minimum atomic E-state index is 0.373. The monoisotopic (exact) mass is 294 g/mol. The van der Waals surface area contributed by atoms with Gasteiger partial charge >= 0.3 is 0 Å². The second-order valence-corrected chi connectivity index (χ2v) is 4.96. The summed E-state index contributed by atoms with van der Waals surface area (Å²) in [7, 11) is 1.66. The van der Waals surface area contributed by atoms with Gasteiger partial charge in [0, 0.05) is 13.0 Å². The molecular formula is C17H18N4O. The molecule has 0 amide bonds. The van der Waals surface area contributed by atoms with Crippen molar-refractivity contribution in [3.05, 3.63) is 71.5 Å². The maximum Gasteiger partial charge on any atom is 0.118 e. The molecule has 112 valence electrons. The van der Waals surface area contributed by atoms with E-state index in [1.807, 2.05) is 59.3 Å². The number of nitrogens with zero attached hydrogens (tertiary/aromatic N) is 3. The first-order valence-electron chi connectivity index (χ1n) is 7.13. The van der Waals surface area contributed by atoms with Gasteiger partial charge in [0.1, 0.15) is 11.4 Å². The molecule has 0 saturated carbocycles. The number of aromatic nitrogens is 3. The lowest BCUT2D eigenvalue weighted by Crippen LogP contribution is -2.07. The Kier molecular flexibility index (Phi) is 4.16. The van der Waals surface area contributed by atoms with Gasteiger partial charge in [0.25, 0.3) is 0 Å². The van der Waals surface area contributed by atoms with Crippen LogP contribution in [0.3, 0.4) is 0 Å². The molecule has 0 spiro atoms. The van der Waals surface area contributed by atoms with E-state index in [1.165, 1.54) is 0 Å². The lowest BCUT2D eigenvalue weighted by molar-refractivity contribution is 0.414. The standard InChI is InChI=1S/C17H18N4O/c1-22-15-9-7-13(8-10-15)11-17-16(12-18)19-20-21(17)14-5-3-2-4-6-14/h2-10H,11-12,18H2,1H3. The SMILES string of the molecule is COc1ccc(Cc2c(CN)nnn2-c2ccccc2)cc1. The molecule has 0 atom stereocenters. The molecule has 0 saturated heterocycles. The number of nitrogens with two attached hydrogens (primary N) is 1. The van der Waals surface area contributed by atoms with Gasteiger partial charge in [-0.2, -0.15) is 0 Å². The number of hydrogen-bond donors (Lipinski definition) is 1. The van der Waals surface area contributed by atoms with Crippen molar-refractivity contribution in [2.45, 2.75) is 13.0 Å². The van der Waals surface area contributed by atoms with Gasteiger partial charge in [-0.15, -0.1) is 5.10 Å². The first-order valence-corrected chi connectivity index (χ1v) is 7.13. The third-order valence-corrected chi connectivity index (χ3v) is 3.57. The van der Waals surface area contributed by atoms with E-state index >= 15 is 0 Å². The van der Waals surface area contributed by atoms with Crippen LogP contribution in [0.4, 0.5) is 0 Å². The minimum Gasteiger partial charge on any atom is -0.497 e. The summed E-state index contributed by atoms with van der Waals surface area (Å²) in [5.74, 6) is 0.845. The van der Waals surface area contributed by atoms with Gasteiger partial charge in [0.15, 0.2) is 0 Å². The molecule has 0 unspecified atom stereocenters. The van der Waals surface area contributed by atoms with Crippen LogP contribution >= 0.6 is 0 Å². The van der Waals surface area contributed by atoms with E-state index < -0.39 is 0 Å². The third-order valence-electron chi connectivity index (χ3n) is 3.57. The molecule has 1 heterocycles. The summed E-state index contributed by atoms with van der Waals surface area (Å²) in [4.78, 5) is 0. The maximum atomic E-state index is 5.81. The second kappa shape index (κ2) is 6.41. The zero-order valence-electron chi connectivity index (χ0n) is 12.4. The molecule has 3 rings (SSSR count). The predicted molar refractivity (Wildman–Crippen MR) is 85.1 cm³/mol. The van der Waals surface area contributed by atoms with Crippen molar-refractivity contribution in [1.82, 2.24) is 15.0 Å². The zero-order valence-corrected chi connectivity index (χ0v) is 12.4. The van der Waals surface area contributed by atoms with Crippen LogP contribution in [-0.2, 0) is 13.0 Å². The Morgan fingerprint density at radius 3 is 2.41 bits per heavy atom. The van der Waals surface area contributed by atoms with Gasteiger partial charge < -0.3 is 10.5 Å². The lowest BCUT2D eigenvalue weighted by Gasteiger charge is -2.08. The van der Waals surface area contributed by atoms with E-state index in [2.05, 4.69) is 10.3 Å². The molecule has 0 fully saturated rings. The summed E-state index contributed by atoms with van der Waals surface area (Å²) in [5.41, 5.74) is 9.78. The van der Waals surface area contributed by atoms with E-state index in [1.54, 1.807) is 7.11 Å². The van der Waals surface area contributed by atoms with Crippen LogP contribution in [-0.4, -0.2) is 22.1 Å². The Hall–Kier alpha value is -2.66. The fraction of sp³-hybridized carbons (Fsp3) is 0.176. The molecule has 0 bridgehead atoms. The van der Waals surface area contributed by atoms with Crippen LogP contribution in [0.15, 0.2) is 54.6 Å². The van der Waals surface area contributed by atoms with E-state index in [0.717, 1.165) is 34.8 Å². The van der Waals surface area contributed by atoms with Crippen LogP contribution < -0.4 is 10.5 Å². The molecule has 3 aromatic rings. The highest BCUT2D eigenvalue weighted by atomic mass is 16.5. The third kappa shape index (κ3) is 2.84. The predicted octanol–water partition coefficient (Wildman–Crippen LogP) is 2.33. The fourth-order valence-corrected chi connectivity index (χ4v) is 2.38. The number of benzene rings is 2. The normalized spacial score (nSPS) is 10.6. The van der Waals surface area contributed by atoms with Crippen molar-refractivity contribution in [1.29, 1.82) is 0 Å². The largest absolute Gasteiger partial charge is 0.497 e. The molecule has 22 heavy (non-hydrogen) atoms. The van der Waals surface area contributed by atoms with Gasteiger partial charge in [-0.05, 0) is 29.8 Å². The Morgan fingerprint density at radius 1 is 1.05 bits per heavy atom. The average Bonchev–Trinajstić information content (AvgIpc) is 2.99. The Morgan fingerprint density at radius 2 is 1.77 bits per heavy atom. The Balaban J connectivity index is 1.96. The van der Waals surface area contributed by atoms with Crippen LogP contribution in [0.2, 0.25) is 0 Å². The summed E-state index contributed by atoms with van der Waals surface area (Å²) in [6.45, 7) is 0.373. The topological polar surface area (TPSA) is 66.0 Å². The summed E-state index contributed by atoms with van der Waals surface area (Å²) in [6, 6.07) is 17.9. The van der Waals surface area contributed by atoms with Gasteiger partial charge in [0.2, 0.25) is 0 Å². The summed E-state index contributed by atoms with van der Waals surface area (Å²) in [5, 5.41) is 8.45. The van der Waals surface area contributed by atoms with Gasteiger partial charge in [-0.3, -0.25) is 0 Å². The highest BCUT2D eigenvalue weighted by Crippen LogP contribution is 2.19. The van der Waals surface area contributed by atoms with E-state index in [0.29, 0.717) is 6.54 Å². The summed E-state index contributed by atoms with van der Waals surface area (Å²) < 4.78 is 7.05. The Labute approximate surface area is 129 Å². The highest BCUT2D eigenvalue weighted by Gasteiger charge is 2.13. The number of ether oxygens (including phenoxy) is 1. The number of methoxy groups -OCH3 is 1. The molecular weight excluding hydrogens is 276 g/mol. The molecule has 0 aliphatic heterocycles. The first kappa shape index (κ1) is 14.3. The van der Waals surface area contributed by atoms with Crippen LogP contribution in [0.5, 0.6) is 5.75 Å².